The van der Waals surface area contributed by atoms with Crippen molar-refractivity contribution in [1.29, 1.82) is 0 Å². The van der Waals surface area contributed by atoms with Crippen LogP contribution in [0, 0.1) is 11.7 Å². The first-order valence-corrected chi connectivity index (χ1v) is 8.95. The van der Waals surface area contributed by atoms with Crippen LogP contribution in [0.5, 0.6) is 0 Å². The van der Waals surface area contributed by atoms with E-state index in [1.807, 2.05) is 6.07 Å². The van der Waals surface area contributed by atoms with Crippen LogP contribution in [0.2, 0.25) is 0 Å². The summed E-state index contributed by atoms with van der Waals surface area (Å²) in [5.41, 5.74) is 1.14. The van der Waals surface area contributed by atoms with Crippen molar-refractivity contribution in [3.8, 4) is 0 Å². The van der Waals surface area contributed by atoms with Crippen LogP contribution in [0.1, 0.15) is 43.7 Å². The number of hydrogen-bond acceptors (Lipinski definition) is 2. The molecule has 1 aromatic rings. The Bertz CT molecular complexity index is 450. The van der Waals surface area contributed by atoms with Crippen LogP contribution in [0.25, 0.3) is 0 Å². The van der Waals surface area contributed by atoms with E-state index in [9.17, 15) is 4.39 Å². The smallest absolute Gasteiger partial charge is 0.123 e. The van der Waals surface area contributed by atoms with Crippen LogP contribution in [0.4, 0.5) is 4.39 Å². The van der Waals surface area contributed by atoms with Gasteiger partial charge in [-0.15, -0.1) is 0 Å². The lowest BCUT2D eigenvalue weighted by atomic mass is 9.80. The largest absolute Gasteiger partial charge is 0.314 e. The fraction of sp³-hybridized carbons (Fsp3) is 0.647. The van der Waals surface area contributed by atoms with Gasteiger partial charge in [-0.1, -0.05) is 35.2 Å². The van der Waals surface area contributed by atoms with Crippen LogP contribution in [-0.4, -0.2) is 31.1 Å². The molecule has 1 saturated heterocycles. The highest BCUT2D eigenvalue weighted by Gasteiger charge is 2.32. The molecule has 3 rings (SSSR count). The van der Waals surface area contributed by atoms with Crippen LogP contribution in [0.3, 0.4) is 0 Å². The van der Waals surface area contributed by atoms with Crippen molar-refractivity contribution in [1.82, 2.24) is 10.2 Å². The van der Waals surface area contributed by atoms with Gasteiger partial charge >= 0.3 is 0 Å². The molecule has 0 radical (unpaired) electrons. The molecule has 116 valence electrons. The summed E-state index contributed by atoms with van der Waals surface area (Å²) < 4.78 is 14.8. The van der Waals surface area contributed by atoms with E-state index in [1.165, 1.54) is 32.1 Å². The third-order valence-electron chi connectivity index (χ3n) is 4.92. The first-order chi connectivity index (χ1) is 10.3. The average molecular weight is 355 g/mol. The summed E-state index contributed by atoms with van der Waals surface area (Å²) in [7, 11) is 0. The normalized spacial score (nSPS) is 23.1. The van der Waals surface area contributed by atoms with E-state index in [2.05, 4.69) is 26.1 Å². The molecule has 2 aliphatic rings. The summed E-state index contributed by atoms with van der Waals surface area (Å²) >= 11 is 3.66. The molecule has 4 heteroatoms. The zero-order chi connectivity index (χ0) is 14.7. The number of halogens is 2. The number of hydrogen-bond donors (Lipinski definition) is 1. The quantitative estimate of drug-likeness (QED) is 0.878. The molecule has 0 amide bonds. The maximum atomic E-state index is 13.8. The average Bonchev–Trinajstić information content (AvgIpc) is 2.53. The van der Waals surface area contributed by atoms with Crippen molar-refractivity contribution < 1.29 is 4.39 Å². The molecule has 1 saturated carbocycles. The molecule has 21 heavy (non-hydrogen) atoms. The maximum Gasteiger partial charge on any atom is 0.123 e. The highest BCUT2D eigenvalue weighted by molar-refractivity contribution is 9.10. The van der Waals surface area contributed by atoms with Gasteiger partial charge in [0, 0.05) is 36.7 Å². The lowest BCUT2D eigenvalue weighted by Gasteiger charge is -2.41. The number of benzene rings is 1. The van der Waals surface area contributed by atoms with Gasteiger partial charge in [0.15, 0.2) is 0 Å². The molecule has 1 aliphatic carbocycles. The van der Waals surface area contributed by atoms with Gasteiger partial charge in [0.2, 0.25) is 0 Å². The third kappa shape index (κ3) is 3.66. The van der Waals surface area contributed by atoms with E-state index in [0.717, 1.165) is 36.2 Å². The molecule has 1 atom stereocenters. The Morgan fingerprint density at radius 1 is 1.14 bits per heavy atom. The van der Waals surface area contributed by atoms with Gasteiger partial charge in [-0.2, -0.15) is 0 Å². The summed E-state index contributed by atoms with van der Waals surface area (Å²) in [6, 6.07) is 5.51. The predicted molar refractivity (Wildman–Crippen MR) is 87.9 cm³/mol. The number of nitrogens with one attached hydrogen (secondary N) is 1. The molecule has 0 spiro atoms. The standard InChI is InChI=1S/C17H24BrFN2/c18-16-7-6-14(19)12-15(16)17(13-4-2-1-3-5-13)21-10-8-20-9-11-21/h6-7,12-13,17,20H,1-5,8-11H2/t17-/m0/s1. The molecular formula is C17H24BrFN2. The predicted octanol–water partition coefficient (Wildman–Crippen LogP) is 4.11. The molecular weight excluding hydrogens is 331 g/mol. The van der Waals surface area contributed by atoms with E-state index in [4.69, 9.17) is 0 Å². The van der Waals surface area contributed by atoms with Gasteiger partial charge < -0.3 is 5.32 Å². The van der Waals surface area contributed by atoms with E-state index < -0.39 is 0 Å². The minimum Gasteiger partial charge on any atom is -0.314 e. The number of piperazine rings is 1. The van der Waals surface area contributed by atoms with Crippen molar-refractivity contribution in [2.75, 3.05) is 26.2 Å². The Balaban J connectivity index is 1.91. The van der Waals surface area contributed by atoms with Crippen molar-refractivity contribution >= 4 is 15.9 Å². The monoisotopic (exact) mass is 354 g/mol. The van der Waals surface area contributed by atoms with Gasteiger partial charge in [0.05, 0.1) is 0 Å². The van der Waals surface area contributed by atoms with Crippen LogP contribution < -0.4 is 5.32 Å². The first kappa shape index (κ1) is 15.4. The molecule has 1 aromatic carbocycles. The number of nitrogens with zero attached hydrogens (tertiary/aromatic N) is 1. The van der Waals surface area contributed by atoms with E-state index in [-0.39, 0.29) is 5.82 Å². The van der Waals surface area contributed by atoms with Gasteiger partial charge in [0.25, 0.3) is 0 Å². The molecule has 1 N–H and O–H groups in total. The van der Waals surface area contributed by atoms with Crippen molar-refractivity contribution in [2.45, 2.75) is 38.1 Å². The lowest BCUT2D eigenvalue weighted by Crippen LogP contribution is -2.47. The van der Waals surface area contributed by atoms with Crippen LogP contribution >= 0.6 is 15.9 Å². The van der Waals surface area contributed by atoms with Gasteiger partial charge in [0.1, 0.15) is 5.82 Å². The highest BCUT2D eigenvalue weighted by atomic mass is 79.9. The Hall–Kier alpha value is -0.450. The Morgan fingerprint density at radius 3 is 2.57 bits per heavy atom. The molecule has 2 nitrogen and oxygen atoms in total. The maximum absolute atomic E-state index is 13.8. The van der Waals surface area contributed by atoms with Gasteiger partial charge in [-0.05, 0) is 42.5 Å². The molecule has 0 aromatic heterocycles. The minimum absolute atomic E-state index is 0.121. The Morgan fingerprint density at radius 2 is 1.86 bits per heavy atom. The first-order valence-electron chi connectivity index (χ1n) is 8.15. The zero-order valence-electron chi connectivity index (χ0n) is 12.5. The second-order valence-electron chi connectivity index (χ2n) is 6.29. The van der Waals surface area contributed by atoms with Gasteiger partial charge in [-0.3, -0.25) is 4.90 Å². The SMILES string of the molecule is Fc1ccc(Br)c([C@H](C2CCCCC2)N2CCNCC2)c1. The van der Waals surface area contributed by atoms with Crippen molar-refractivity contribution in [3.05, 3.63) is 34.1 Å². The van der Waals surface area contributed by atoms with E-state index >= 15 is 0 Å². The molecule has 1 heterocycles. The topological polar surface area (TPSA) is 15.3 Å². The van der Waals surface area contributed by atoms with Crippen molar-refractivity contribution in [3.63, 3.8) is 0 Å². The second-order valence-corrected chi connectivity index (χ2v) is 7.15. The summed E-state index contributed by atoms with van der Waals surface area (Å²) in [5.74, 6) is 0.541. The summed E-state index contributed by atoms with van der Waals surface area (Å²) in [5, 5.41) is 3.42. The summed E-state index contributed by atoms with van der Waals surface area (Å²) in [6.07, 6.45) is 6.55. The van der Waals surface area contributed by atoms with Crippen molar-refractivity contribution in [2.24, 2.45) is 5.92 Å². The van der Waals surface area contributed by atoms with E-state index in [1.54, 1.807) is 12.1 Å². The fourth-order valence-corrected chi connectivity index (χ4v) is 4.38. The highest BCUT2D eigenvalue weighted by Crippen LogP contribution is 2.41. The molecule has 1 aliphatic heterocycles. The summed E-state index contributed by atoms with van der Waals surface area (Å²) in [4.78, 5) is 2.56. The third-order valence-corrected chi connectivity index (χ3v) is 5.64. The zero-order valence-corrected chi connectivity index (χ0v) is 14.0. The van der Waals surface area contributed by atoms with E-state index in [0.29, 0.717) is 12.0 Å². The number of rotatable bonds is 3. The van der Waals surface area contributed by atoms with Crippen LogP contribution in [-0.2, 0) is 0 Å². The van der Waals surface area contributed by atoms with Gasteiger partial charge in [-0.25, -0.2) is 4.39 Å². The lowest BCUT2D eigenvalue weighted by molar-refractivity contribution is 0.103. The molecule has 0 bridgehead atoms. The molecule has 2 fully saturated rings. The second kappa shape index (κ2) is 7.21. The Kier molecular flexibility index (Phi) is 5.30. The molecule has 0 unspecified atom stereocenters. The van der Waals surface area contributed by atoms with Crippen LogP contribution in [0.15, 0.2) is 22.7 Å². The fourth-order valence-electron chi connectivity index (χ4n) is 3.90. The minimum atomic E-state index is -0.121. The summed E-state index contributed by atoms with van der Waals surface area (Å²) in [6.45, 7) is 4.19. The Labute approximate surface area is 135 Å².